The van der Waals surface area contributed by atoms with Crippen molar-refractivity contribution in [2.45, 2.75) is 65.0 Å². The van der Waals surface area contributed by atoms with Crippen LogP contribution < -0.4 is 20.5 Å². The number of alkyl halides is 2. The standard InChI is InChI=1S/C33H42F2N6O5S/c1-3-4-5-14-41(33(43)38-30-18-29(32(36)42)24(19-34)17-25(30)20-35)27-12-15-40(16-13-27)22-23-6-11-31(37-21-23)46-28-9-7-26(8-10-28)39-47(2,44)45/h6-11,17-18,21,27,39H,3-5,12-16,19-20,22H2,1-2H3,(H2,36,42)(H,38,43). The number of rotatable bonds is 15. The first-order valence-electron chi connectivity index (χ1n) is 15.6. The number of sulfonamides is 1. The lowest BCUT2D eigenvalue weighted by molar-refractivity contribution is 0.0998. The fraction of sp³-hybridized carbons (Fsp3) is 0.424. The molecule has 1 fully saturated rings. The lowest BCUT2D eigenvalue weighted by atomic mass is 10.0. The lowest BCUT2D eigenvalue weighted by Gasteiger charge is -2.38. The van der Waals surface area contributed by atoms with Crippen LogP contribution in [0.4, 0.5) is 25.0 Å². The first kappa shape index (κ1) is 35.6. The molecule has 14 heteroatoms. The molecule has 4 rings (SSSR count). The highest BCUT2D eigenvalue weighted by atomic mass is 32.2. The Morgan fingerprint density at radius 2 is 1.74 bits per heavy atom. The van der Waals surface area contributed by atoms with E-state index in [0.717, 1.165) is 57.0 Å². The molecule has 254 valence electrons. The van der Waals surface area contributed by atoms with E-state index in [1.165, 1.54) is 12.1 Å². The fourth-order valence-corrected chi connectivity index (χ4v) is 6.13. The number of anilines is 2. The predicted molar refractivity (Wildman–Crippen MR) is 177 cm³/mol. The van der Waals surface area contributed by atoms with Gasteiger partial charge in [-0.25, -0.2) is 27.0 Å². The Hall–Kier alpha value is -4.30. The van der Waals surface area contributed by atoms with Gasteiger partial charge < -0.3 is 20.7 Å². The molecule has 47 heavy (non-hydrogen) atoms. The Labute approximate surface area is 274 Å². The number of nitrogens with zero attached hydrogens (tertiary/aromatic N) is 3. The highest BCUT2D eigenvalue weighted by Gasteiger charge is 2.28. The Morgan fingerprint density at radius 3 is 2.32 bits per heavy atom. The van der Waals surface area contributed by atoms with Crippen LogP contribution in [0.25, 0.3) is 0 Å². The van der Waals surface area contributed by atoms with Crippen molar-refractivity contribution in [3.63, 3.8) is 0 Å². The molecule has 2 aromatic carbocycles. The van der Waals surface area contributed by atoms with E-state index in [4.69, 9.17) is 10.5 Å². The highest BCUT2D eigenvalue weighted by Crippen LogP contribution is 2.27. The van der Waals surface area contributed by atoms with Crippen LogP contribution in [-0.2, 0) is 29.9 Å². The molecule has 1 aliphatic rings. The van der Waals surface area contributed by atoms with Gasteiger partial charge in [0.25, 0.3) is 0 Å². The van der Waals surface area contributed by atoms with Gasteiger partial charge in [-0.05, 0) is 66.8 Å². The number of ether oxygens (including phenoxy) is 1. The molecule has 1 aliphatic heterocycles. The second-order valence-electron chi connectivity index (χ2n) is 11.6. The number of piperidine rings is 1. The summed E-state index contributed by atoms with van der Waals surface area (Å²) < 4.78 is 58.3. The summed E-state index contributed by atoms with van der Waals surface area (Å²) in [7, 11) is -3.36. The molecule has 3 amide bonds. The molecule has 1 aromatic heterocycles. The number of nitrogens with one attached hydrogen (secondary N) is 2. The van der Waals surface area contributed by atoms with Gasteiger partial charge in [0.15, 0.2) is 0 Å². The van der Waals surface area contributed by atoms with E-state index in [0.29, 0.717) is 30.4 Å². The van der Waals surface area contributed by atoms with Crippen LogP contribution in [0.15, 0.2) is 54.7 Å². The van der Waals surface area contributed by atoms with Crippen LogP contribution in [0.1, 0.15) is 66.1 Å². The third-order valence-electron chi connectivity index (χ3n) is 7.97. The number of hydrogen-bond acceptors (Lipinski definition) is 7. The molecule has 3 aromatic rings. The SMILES string of the molecule is CCCCCN(C(=O)Nc1cc(C(N)=O)c(CF)cc1CF)C1CCN(Cc2ccc(Oc3ccc(NS(C)(=O)=O)cc3)nc2)CC1. The largest absolute Gasteiger partial charge is 0.439 e. The van der Waals surface area contributed by atoms with Crippen LogP contribution in [0.2, 0.25) is 0 Å². The fourth-order valence-electron chi connectivity index (χ4n) is 5.57. The first-order chi connectivity index (χ1) is 22.5. The van der Waals surface area contributed by atoms with Crippen LogP contribution >= 0.6 is 0 Å². The number of carbonyl (C=O) groups is 2. The van der Waals surface area contributed by atoms with Crippen molar-refractivity contribution in [2.24, 2.45) is 5.73 Å². The molecule has 4 N–H and O–H groups in total. The number of unbranched alkanes of at least 4 members (excludes halogenated alkanes) is 2. The van der Waals surface area contributed by atoms with E-state index in [2.05, 4.69) is 26.8 Å². The zero-order chi connectivity index (χ0) is 34.0. The smallest absolute Gasteiger partial charge is 0.322 e. The molecular weight excluding hydrogens is 630 g/mol. The molecule has 0 bridgehead atoms. The average Bonchev–Trinajstić information content (AvgIpc) is 3.04. The third-order valence-corrected chi connectivity index (χ3v) is 8.58. The summed E-state index contributed by atoms with van der Waals surface area (Å²) in [6.07, 6.45) is 7.07. The molecule has 0 saturated carbocycles. The minimum Gasteiger partial charge on any atom is -0.439 e. The Balaban J connectivity index is 1.35. The summed E-state index contributed by atoms with van der Waals surface area (Å²) >= 11 is 0. The van der Waals surface area contributed by atoms with Gasteiger partial charge in [0.2, 0.25) is 21.8 Å². The van der Waals surface area contributed by atoms with Gasteiger partial charge in [0.1, 0.15) is 19.1 Å². The quantitative estimate of drug-likeness (QED) is 0.169. The van der Waals surface area contributed by atoms with Crippen LogP contribution in [-0.4, -0.2) is 67.1 Å². The number of carbonyl (C=O) groups excluding carboxylic acids is 2. The minimum absolute atomic E-state index is 0.0104. The summed E-state index contributed by atoms with van der Waals surface area (Å²) in [5.74, 6) is 0.0762. The van der Waals surface area contributed by atoms with Gasteiger partial charge in [-0.3, -0.25) is 14.4 Å². The number of primary amides is 1. The maximum atomic E-state index is 13.9. The predicted octanol–water partition coefficient (Wildman–Crippen LogP) is 5.97. The maximum absolute atomic E-state index is 13.9. The van der Waals surface area contributed by atoms with Gasteiger partial charge in [0.05, 0.1) is 6.26 Å². The summed E-state index contributed by atoms with van der Waals surface area (Å²) in [4.78, 5) is 33.9. The molecule has 0 aliphatic carbocycles. The molecule has 0 unspecified atom stereocenters. The summed E-state index contributed by atoms with van der Waals surface area (Å²) in [5.41, 5.74) is 6.95. The molecule has 0 radical (unpaired) electrons. The molecule has 11 nitrogen and oxygen atoms in total. The number of benzene rings is 2. The number of nitrogens with two attached hydrogens (primary N) is 1. The van der Waals surface area contributed by atoms with Crippen molar-refractivity contribution in [3.05, 3.63) is 77.0 Å². The van der Waals surface area contributed by atoms with Crippen LogP contribution in [0.3, 0.4) is 0 Å². The van der Waals surface area contributed by atoms with Gasteiger partial charge >= 0.3 is 6.03 Å². The molecular formula is C33H42F2N6O5S. The average molecular weight is 673 g/mol. The number of aromatic nitrogens is 1. The van der Waals surface area contributed by atoms with E-state index in [1.54, 1.807) is 41.4 Å². The number of pyridine rings is 1. The third kappa shape index (κ3) is 10.3. The Kier molecular flexibility index (Phi) is 12.5. The second kappa shape index (κ2) is 16.5. The topological polar surface area (TPSA) is 147 Å². The Bertz CT molecular complexity index is 1620. The van der Waals surface area contributed by atoms with Crippen molar-refractivity contribution in [1.29, 1.82) is 0 Å². The van der Waals surface area contributed by atoms with E-state index >= 15 is 0 Å². The van der Waals surface area contributed by atoms with Crippen LogP contribution in [0, 0.1) is 0 Å². The number of halogens is 2. The Morgan fingerprint density at radius 1 is 1.04 bits per heavy atom. The van der Waals surface area contributed by atoms with E-state index in [9.17, 15) is 26.8 Å². The van der Waals surface area contributed by atoms with Crippen molar-refractivity contribution >= 4 is 33.3 Å². The van der Waals surface area contributed by atoms with Crippen molar-refractivity contribution in [3.8, 4) is 11.6 Å². The minimum atomic E-state index is -3.36. The normalized spacial score (nSPS) is 14.0. The molecule has 1 saturated heterocycles. The molecule has 0 spiro atoms. The van der Waals surface area contributed by atoms with Crippen molar-refractivity contribution in [1.82, 2.24) is 14.8 Å². The zero-order valence-electron chi connectivity index (χ0n) is 26.7. The van der Waals surface area contributed by atoms with Gasteiger partial charge in [0, 0.05) is 67.0 Å². The number of likely N-dealkylation sites (tertiary alicyclic amines) is 1. The van der Waals surface area contributed by atoms with Gasteiger partial charge in [-0.15, -0.1) is 0 Å². The summed E-state index contributed by atoms with van der Waals surface area (Å²) in [5, 5.41) is 2.77. The van der Waals surface area contributed by atoms with E-state index in [1.807, 2.05) is 6.07 Å². The first-order valence-corrected chi connectivity index (χ1v) is 17.5. The van der Waals surface area contributed by atoms with E-state index in [-0.39, 0.29) is 28.4 Å². The maximum Gasteiger partial charge on any atom is 0.322 e. The van der Waals surface area contributed by atoms with Crippen LogP contribution in [0.5, 0.6) is 11.6 Å². The zero-order valence-corrected chi connectivity index (χ0v) is 27.5. The van der Waals surface area contributed by atoms with Crippen molar-refractivity contribution in [2.75, 3.05) is 35.9 Å². The van der Waals surface area contributed by atoms with E-state index < -0.39 is 35.3 Å². The molecule has 0 atom stereocenters. The summed E-state index contributed by atoms with van der Waals surface area (Å²) in [6, 6.07) is 12.3. The number of urea groups is 1. The monoisotopic (exact) mass is 672 g/mol. The van der Waals surface area contributed by atoms with Crippen molar-refractivity contribution < 1.29 is 31.5 Å². The van der Waals surface area contributed by atoms with Gasteiger partial charge in [-0.2, -0.15) is 0 Å². The lowest BCUT2D eigenvalue weighted by Crippen LogP contribution is -2.49. The number of hydrogen-bond donors (Lipinski definition) is 3. The highest BCUT2D eigenvalue weighted by molar-refractivity contribution is 7.92. The number of amides is 3. The summed E-state index contributed by atoms with van der Waals surface area (Å²) in [6.45, 7) is 2.88. The molecule has 2 heterocycles. The van der Waals surface area contributed by atoms with Gasteiger partial charge in [-0.1, -0.05) is 25.8 Å². The second-order valence-corrected chi connectivity index (χ2v) is 13.4.